The Kier molecular flexibility index (Phi) is 2.57. The molecule has 0 aliphatic rings. The Hall–Kier alpha value is -1.60. The molecule has 2 aromatic carbocycles. The first-order valence-electron chi connectivity index (χ1n) is 5.01. The molecule has 0 saturated heterocycles. The molecule has 76 valence electrons. The summed E-state index contributed by atoms with van der Waals surface area (Å²) in [5, 5.41) is 11.6. The largest absolute Gasteiger partial charge is 0.392 e. The minimum absolute atomic E-state index is 0.0625. The van der Waals surface area contributed by atoms with Gasteiger partial charge in [0.2, 0.25) is 0 Å². The van der Waals surface area contributed by atoms with Gasteiger partial charge in [-0.1, -0.05) is 48.6 Å². The first kappa shape index (κ1) is 9.94. The highest BCUT2D eigenvalue weighted by Gasteiger charge is 2.06. The highest BCUT2D eigenvalue weighted by atomic mass is 16.3. The number of aliphatic hydroxyl groups excluding tert-OH is 1. The van der Waals surface area contributed by atoms with Crippen LogP contribution in [0.15, 0.2) is 43.0 Å². The SMILES string of the molecule is C=C(C)c1c(CO)ccc2ccccc12. The maximum atomic E-state index is 9.29. The lowest BCUT2D eigenvalue weighted by Gasteiger charge is -2.11. The van der Waals surface area contributed by atoms with Gasteiger partial charge in [0.15, 0.2) is 0 Å². The van der Waals surface area contributed by atoms with Crippen LogP contribution in [0.4, 0.5) is 0 Å². The number of hydrogen-bond donors (Lipinski definition) is 1. The smallest absolute Gasteiger partial charge is 0.0687 e. The summed E-state index contributed by atoms with van der Waals surface area (Å²) in [4.78, 5) is 0. The van der Waals surface area contributed by atoms with Crippen molar-refractivity contribution in [3.8, 4) is 0 Å². The van der Waals surface area contributed by atoms with Gasteiger partial charge in [-0.15, -0.1) is 0 Å². The van der Waals surface area contributed by atoms with Crippen molar-refractivity contribution in [3.05, 3.63) is 54.1 Å². The summed E-state index contributed by atoms with van der Waals surface area (Å²) in [5.41, 5.74) is 3.02. The fourth-order valence-corrected chi connectivity index (χ4v) is 1.95. The Balaban J connectivity index is 2.85. The number of fused-ring (bicyclic) bond motifs is 1. The van der Waals surface area contributed by atoms with Crippen molar-refractivity contribution in [1.29, 1.82) is 0 Å². The number of aliphatic hydroxyl groups is 1. The van der Waals surface area contributed by atoms with E-state index in [2.05, 4.69) is 18.7 Å². The fraction of sp³-hybridized carbons (Fsp3) is 0.143. The third-order valence-electron chi connectivity index (χ3n) is 2.61. The van der Waals surface area contributed by atoms with Gasteiger partial charge in [0.1, 0.15) is 0 Å². The van der Waals surface area contributed by atoms with E-state index in [1.54, 1.807) is 0 Å². The van der Waals surface area contributed by atoms with Crippen LogP contribution >= 0.6 is 0 Å². The maximum absolute atomic E-state index is 9.29. The molecule has 0 fully saturated rings. The molecule has 0 aliphatic heterocycles. The number of rotatable bonds is 2. The molecule has 0 radical (unpaired) electrons. The standard InChI is InChI=1S/C14H14O/c1-10(2)14-12(9-15)8-7-11-5-3-4-6-13(11)14/h3-8,15H,1,9H2,2H3. The van der Waals surface area contributed by atoms with E-state index in [0.717, 1.165) is 22.1 Å². The molecule has 0 saturated carbocycles. The molecular formula is C14H14O. The normalized spacial score (nSPS) is 10.5. The van der Waals surface area contributed by atoms with Gasteiger partial charge in [-0.3, -0.25) is 0 Å². The molecule has 0 amide bonds. The first-order valence-corrected chi connectivity index (χ1v) is 5.01. The van der Waals surface area contributed by atoms with Crippen molar-refractivity contribution in [2.75, 3.05) is 0 Å². The molecule has 0 aliphatic carbocycles. The lowest BCUT2D eigenvalue weighted by Crippen LogP contribution is -1.92. The van der Waals surface area contributed by atoms with E-state index in [1.807, 2.05) is 31.2 Å². The molecule has 0 spiro atoms. The second-order valence-electron chi connectivity index (χ2n) is 3.76. The summed E-state index contributed by atoms with van der Waals surface area (Å²) in [6.07, 6.45) is 0. The van der Waals surface area contributed by atoms with Crippen LogP contribution < -0.4 is 0 Å². The molecule has 2 aromatic rings. The summed E-state index contributed by atoms with van der Waals surface area (Å²) >= 11 is 0. The van der Waals surface area contributed by atoms with Crippen molar-refractivity contribution >= 4 is 16.3 Å². The molecular weight excluding hydrogens is 184 g/mol. The molecule has 0 atom stereocenters. The predicted molar refractivity (Wildman–Crippen MR) is 64.6 cm³/mol. The van der Waals surface area contributed by atoms with Gasteiger partial charge < -0.3 is 5.11 Å². The van der Waals surface area contributed by atoms with E-state index in [-0.39, 0.29) is 6.61 Å². The molecule has 15 heavy (non-hydrogen) atoms. The average molecular weight is 198 g/mol. The van der Waals surface area contributed by atoms with E-state index in [4.69, 9.17) is 0 Å². The molecule has 0 aromatic heterocycles. The average Bonchev–Trinajstić information content (AvgIpc) is 2.27. The molecule has 1 N–H and O–H groups in total. The number of hydrogen-bond acceptors (Lipinski definition) is 1. The summed E-state index contributed by atoms with van der Waals surface area (Å²) < 4.78 is 0. The quantitative estimate of drug-likeness (QED) is 0.784. The Morgan fingerprint density at radius 3 is 2.60 bits per heavy atom. The van der Waals surface area contributed by atoms with E-state index < -0.39 is 0 Å². The van der Waals surface area contributed by atoms with Gasteiger partial charge in [0.25, 0.3) is 0 Å². The number of benzene rings is 2. The lowest BCUT2D eigenvalue weighted by molar-refractivity contribution is 0.281. The molecule has 1 heteroatoms. The molecule has 1 nitrogen and oxygen atoms in total. The van der Waals surface area contributed by atoms with Crippen LogP contribution in [-0.4, -0.2) is 5.11 Å². The van der Waals surface area contributed by atoms with E-state index in [1.165, 1.54) is 5.39 Å². The van der Waals surface area contributed by atoms with Gasteiger partial charge in [-0.25, -0.2) is 0 Å². The second kappa shape index (κ2) is 3.87. The Morgan fingerprint density at radius 1 is 1.20 bits per heavy atom. The highest BCUT2D eigenvalue weighted by molar-refractivity contribution is 5.94. The summed E-state index contributed by atoms with van der Waals surface area (Å²) in [6.45, 7) is 6.01. The van der Waals surface area contributed by atoms with Crippen LogP contribution in [0.1, 0.15) is 18.1 Å². The summed E-state index contributed by atoms with van der Waals surface area (Å²) in [5.74, 6) is 0. The van der Waals surface area contributed by atoms with Crippen molar-refractivity contribution in [1.82, 2.24) is 0 Å². The monoisotopic (exact) mass is 198 g/mol. The zero-order valence-corrected chi connectivity index (χ0v) is 8.83. The Labute approximate surface area is 89.7 Å². The number of allylic oxidation sites excluding steroid dienone is 1. The van der Waals surface area contributed by atoms with Crippen LogP contribution in [0.25, 0.3) is 16.3 Å². The molecule has 0 heterocycles. The van der Waals surface area contributed by atoms with E-state index >= 15 is 0 Å². The Morgan fingerprint density at radius 2 is 1.93 bits per heavy atom. The first-order chi connectivity index (χ1) is 7.24. The topological polar surface area (TPSA) is 20.2 Å². The minimum atomic E-state index is 0.0625. The van der Waals surface area contributed by atoms with Crippen molar-refractivity contribution in [3.63, 3.8) is 0 Å². The van der Waals surface area contributed by atoms with E-state index in [9.17, 15) is 5.11 Å². The van der Waals surface area contributed by atoms with Crippen LogP contribution in [0.3, 0.4) is 0 Å². The van der Waals surface area contributed by atoms with Crippen LogP contribution in [0.5, 0.6) is 0 Å². The molecule has 0 bridgehead atoms. The maximum Gasteiger partial charge on any atom is 0.0687 e. The van der Waals surface area contributed by atoms with Crippen LogP contribution in [0, 0.1) is 0 Å². The summed E-state index contributed by atoms with van der Waals surface area (Å²) in [7, 11) is 0. The summed E-state index contributed by atoms with van der Waals surface area (Å²) in [6, 6.07) is 12.2. The van der Waals surface area contributed by atoms with Crippen LogP contribution in [-0.2, 0) is 6.61 Å². The Bertz CT molecular complexity index is 512. The minimum Gasteiger partial charge on any atom is -0.392 e. The van der Waals surface area contributed by atoms with Crippen molar-refractivity contribution in [2.45, 2.75) is 13.5 Å². The van der Waals surface area contributed by atoms with Gasteiger partial charge in [0, 0.05) is 0 Å². The third-order valence-corrected chi connectivity index (χ3v) is 2.61. The molecule has 0 unspecified atom stereocenters. The van der Waals surface area contributed by atoms with Crippen molar-refractivity contribution in [2.24, 2.45) is 0 Å². The second-order valence-corrected chi connectivity index (χ2v) is 3.76. The van der Waals surface area contributed by atoms with E-state index in [0.29, 0.717) is 0 Å². The fourth-order valence-electron chi connectivity index (χ4n) is 1.95. The zero-order valence-electron chi connectivity index (χ0n) is 8.83. The van der Waals surface area contributed by atoms with Crippen LogP contribution in [0.2, 0.25) is 0 Å². The predicted octanol–water partition coefficient (Wildman–Crippen LogP) is 3.37. The van der Waals surface area contributed by atoms with Gasteiger partial charge >= 0.3 is 0 Å². The van der Waals surface area contributed by atoms with Gasteiger partial charge in [0.05, 0.1) is 6.61 Å². The van der Waals surface area contributed by atoms with Gasteiger partial charge in [-0.05, 0) is 28.8 Å². The zero-order chi connectivity index (χ0) is 10.8. The lowest BCUT2D eigenvalue weighted by atomic mass is 9.95. The highest BCUT2D eigenvalue weighted by Crippen LogP contribution is 2.27. The van der Waals surface area contributed by atoms with Crippen molar-refractivity contribution < 1.29 is 5.11 Å². The third kappa shape index (κ3) is 1.66. The molecule has 2 rings (SSSR count). The van der Waals surface area contributed by atoms with Gasteiger partial charge in [-0.2, -0.15) is 0 Å².